The second kappa shape index (κ2) is 5.99. The molecule has 0 saturated carbocycles. The summed E-state index contributed by atoms with van der Waals surface area (Å²) in [4.78, 5) is 25.5. The van der Waals surface area contributed by atoms with E-state index in [0.29, 0.717) is 0 Å². The summed E-state index contributed by atoms with van der Waals surface area (Å²) in [6.45, 7) is -0.263. The molecule has 1 unspecified atom stereocenters. The van der Waals surface area contributed by atoms with E-state index >= 15 is 0 Å². The Bertz CT molecular complexity index is 832. The van der Waals surface area contributed by atoms with E-state index in [4.69, 9.17) is 14.2 Å². The molecule has 4 rings (SSSR count). The maximum atomic E-state index is 12.0. The molecule has 3 heterocycles. The number of nitrogens with zero attached hydrogens (tertiary/aromatic N) is 1. The Morgan fingerprint density at radius 2 is 1.79 bits per heavy atom. The van der Waals surface area contributed by atoms with Crippen LogP contribution >= 0.6 is 0 Å². The van der Waals surface area contributed by atoms with Gasteiger partial charge in [0.2, 0.25) is 0 Å². The Balaban J connectivity index is 1.66. The van der Waals surface area contributed by atoms with E-state index in [2.05, 4.69) is 4.98 Å². The summed E-state index contributed by atoms with van der Waals surface area (Å²) in [6.07, 6.45) is -1.74. The lowest BCUT2D eigenvalue weighted by molar-refractivity contribution is -0.155. The highest BCUT2D eigenvalue weighted by Crippen LogP contribution is 2.43. The minimum Gasteiger partial charge on any atom is -0.394 e. The van der Waals surface area contributed by atoms with Gasteiger partial charge >= 0.3 is 5.69 Å². The summed E-state index contributed by atoms with van der Waals surface area (Å²) in [6, 6.07) is 10.6. The van der Waals surface area contributed by atoms with Crippen LogP contribution in [-0.4, -0.2) is 39.6 Å². The van der Waals surface area contributed by atoms with Gasteiger partial charge in [-0.1, -0.05) is 30.3 Å². The lowest BCUT2D eigenvalue weighted by atomic mass is 10.1. The molecule has 0 spiro atoms. The molecule has 0 aliphatic carbocycles. The highest BCUT2D eigenvalue weighted by molar-refractivity contribution is 5.17. The van der Waals surface area contributed by atoms with Gasteiger partial charge in [-0.25, -0.2) is 4.79 Å². The van der Waals surface area contributed by atoms with Gasteiger partial charge < -0.3 is 19.3 Å². The maximum absolute atomic E-state index is 12.0. The molecule has 1 aromatic carbocycles. The predicted octanol–water partition coefficient (Wildman–Crippen LogP) is -0.0909. The maximum Gasteiger partial charge on any atom is 0.330 e. The topological polar surface area (TPSA) is 103 Å². The molecule has 2 fully saturated rings. The zero-order chi connectivity index (χ0) is 16.7. The first-order valence-corrected chi connectivity index (χ1v) is 7.61. The van der Waals surface area contributed by atoms with Gasteiger partial charge in [0.05, 0.1) is 6.61 Å². The number of nitrogens with one attached hydrogen (secondary N) is 1. The average Bonchev–Trinajstić information content (AvgIpc) is 3.15. The molecule has 24 heavy (non-hydrogen) atoms. The third kappa shape index (κ3) is 2.49. The van der Waals surface area contributed by atoms with Gasteiger partial charge in [-0.2, -0.15) is 0 Å². The molecule has 2 aromatic rings. The molecule has 126 valence electrons. The zero-order valence-electron chi connectivity index (χ0n) is 12.6. The van der Waals surface area contributed by atoms with Gasteiger partial charge in [0, 0.05) is 17.8 Å². The number of H-pyrrole nitrogens is 1. The van der Waals surface area contributed by atoms with Gasteiger partial charge in [-0.05, 0) is 0 Å². The van der Waals surface area contributed by atoms with E-state index in [9.17, 15) is 14.7 Å². The predicted molar refractivity (Wildman–Crippen MR) is 81.2 cm³/mol. The summed E-state index contributed by atoms with van der Waals surface area (Å²) in [5.41, 5.74) is -0.247. The van der Waals surface area contributed by atoms with E-state index in [1.807, 2.05) is 30.3 Å². The molecule has 2 aliphatic rings. The standard InChI is InChI=1S/C16H16N2O6/c19-8-10-12-13(24-15(23-12)9-4-2-1-3-5-9)14(22-10)18-7-6-11(20)17-16(18)21/h1-7,10,12-15,19H,8H2,(H,17,20,21)/t10-,12-,13-,14-,15?/m1/s1. The Labute approximate surface area is 136 Å². The minimum atomic E-state index is -0.787. The molecule has 0 radical (unpaired) electrons. The van der Waals surface area contributed by atoms with Gasteiger partial charge in [-0.15, -0.1) is 0 Å². The Hall–Kier alpha value is -2.26. The molecular formula is C16H16N2O6. The number of aromatic nitrogens is 2. The number of fused-ring (bicyclic) bond motifs is 1. The zero-order valence-corrected chi connectivity index (χ0v) is 12.6. The lowest BCUT2D eigenvalue weighted by Gasteiger charge is -2.20. The Morgan fingerprint density at radius 1 is 1.04 bits per heavy atom. The van der Waals surface area contributed by atoms with E-state index in [1.54, 1.807) is 0 Å². The van der Waals surface area contributed by atoms with Gasteiger partial charge in [0.1, 0.15) is 18.3 Å². The van der Waals surface area contributed by atoms with Crippen LogP contribution in [0.2, 0.25) is 0 Å². The van der Waals surface area contributed by atoms with Crippen molar-refractivity contribution in [3.8, 4) is 0 Å². The third-order valence-corrected chi connectivity index (χ3v) is 4.22. The minimum absolute atomic E-state index is 0.263. The fraction of sp³-hybridized carbons (Fsp3) is 0.375. The number of aliphatic hydroxyl groups excluding tert-OH is 1. The van der Waals surface area contributed by atoms with E-state index in [0.717, 1.165) is 5.56 Å². The highest BCUT2D eigenvalue weighted by atomic mass is 16.8. The van der Waals surface area contributed by atoms with Crippen LogP contribution in [0.3, 0.4) is 0 Å². The van der Waals surface area contributed by atoms with Crippen LogP contribution in [0.5, 0.6) is 0 Å². The quantitative estimate of drug-likeness (QED) is 0.814. The van der Waals surface area contributed by atoms with Crippen LogP contribution in [0.15, 0.2) is 52.2 Å². The second-order valence-corrected chi connectivity index (χ2v) is 5.71. The molecule has 2 saturated heterocycles. The average molecular weight is 332 g/mol. The van der Waals surface area contributed by atoms with Crippen molar-refractivity contribution in [2.75, 3.05) is 6.61 Å². The fourth-order valence-electron chi connectivity index (χ4n) is 3.10. The number of aliphatic hydroxyl groups is 1. The number of ether oxygens (including phenoxy) is 3. The number of benzene rings is 1. The lowest BCUT2D eigenvalue weighted by Crippen LogP contribution is -2.36. The summed E-state index contributed by atoms with van der Waals surface area (Å²) < 4.78 is 18.8. The summed E-state index contributed by atoms with van der Waals surface area (Å²) >= 11 is 0. The molecule has 2 N–H and O–H groups in total. The van der Waals surface area contributed by atoms with Crippen molar-refractivity contribution in [1.29, 1.82) is 0 Å². The molecule has 1 aromatic heterocycles. The summed E-state index contributed by atoms with van der Waals surface area (Å²) in [5, 5.41) is 9.54. The third-order valence-electron chi connectivity index (χ3n) is 4.22. The number of aromatic amines is 1. The molecule has 8 heteroatoms. The highest BCUT2D eigenvalue weighted by Gasteiger charge is 2.53. The molecule has 5 atom stereocenters. The van der Waals surface area contributed by atoms with Crippen molar-refractivity contribution < 1.29 is 19.3 Å². The smallest absolute Gasteiger partial charge is 0.330 e. The van der Waals surface area contributed by atoms with Crippen LogP contribution in [0.4, 0.5) is 0 Å². The van der Waals surface area contributed by atoms with E-state index in [-0.39, 0.29) is 6.61 Å². The Kier molecular flexibility index (Phi) is 3.81. The van der Waals surface area contributed by atoms with Gasteiger partial charge in [-0.3, -0.25) is 14.3 Å². The Morgan fingerprint density at radius 3 is 2.50 bits per heavy atom. The number of hydrogen-bond acceptors (Lipinski definition) is 6. The van der Waals surface area contributed by atoms with Gasteiger partial charge in [0.15, 0.2) is 12.5 Å². The largest absolute Gasteiger partial charge is 0.394 e. The van der Waals surface area contributed by atoms with Crippen LogP contribution in [-0.2, 0) is 14.2 Å². The second-order valence-electron chi connectivity index (χ2n) is 5.71. The van der Waals surface area contributed by atoms with Crippen molar-refractivity contribution in [3.63, 3.8) is 0 Å². The number of rotatable bonds is 3. The van der Waals surface area contributed by atoms with Crippen molar-refractivity contribution in [1.82, 2.24) is 9.55 Å². The molecule has 0 bridgehead atoms. The SMILES string of the molecule is O=c1ccn([C@@H]2O[C@H](CO)[C@H]3OC(c4ccccc4)O[C@H]32)c(=O)[nH]1. The van der Waals surface area contributed by atoms with E-state index < -0.39 is 42.1 Å². The van der Waals surface area contributed by atoms with Crippen LogP contribution < -0.4 is 11.2 Å². The van der Waals surface area contributed by atoms with Crippen molar-refractivity contribution in [2.45, 2.75) is 30.8 Å². The first-order chi connectivity index (χ1) is 11.7. The van der Waals surface area contributed by atoms with Gasteiger partial charge in [0.25, 0.3) is 5.56 Å². The first kappa shape index (κ1) is 15.3. The van der Waals surface area contributed by atoms with Crippen molar-refractivity contribution in [3.05, 3.63) is 69.0 Å². The van der Waals surface area contributed by atoms with Crippen LogP contribution in [0.1, 0.15) is 18.1 Å². The summed E-state index contributed by atoms with van der Waals surface area (Å²) in [7, 11) is 0. The molecule has 8 nitrogen and oxygen atoms in total. The normalized spacial score (nSPS) is 32.0. The number of hydrogen-bond donors (Lipinski definition) is 2. The first-order valence-electron chi connectivity index (χ1n) is 7.61. The molecule has 0 amide bonds. The monoisotopic (exact) mass is 332 g/mol. The van der Waals surface area contributed by atoms with Crippen LogP contribution in [0, 0.1) is 0 Å². The fourth-order valence-corrected chi connectivity index (χ4v) is 3.10. The van der Waals surface area contributed by atoms with Crippen molar-refractivity contribution >= 4 is 0 Å². The molecule has 2 aliphatic heterocycles. The van der Waals surface area contributed by atoms with Crippen LogP contribution in [0.25, 0.3) is 0 Å². The summed E-state index contributed by atoms with van der Waals surface area (Å²) in [5.74, 6) is 0. The van der Waals surface area contributed by atoms with Crippen molar-refractivity contribution in [2.24, 2.45) is 0 Å². The van der Waals surface area contributed by atoms with E-state index in [1.165, 1.54) is 16.8 Å². The molecular weight excluding hydrogens is 316 g/mol.